The number of carbonyl (C=O) groups is 1. The highest BCUT2D eigenvalue weighted by molar-refractivity contribution is 8.00. The van der Waals surface area contributed by atoms with E-state index in [1.165, 1.54) is 0 Å². The Balaban J connectivity index is 1.41. The second-order valence-corrected chi connectivity index (χ2v) is 6.86. The zero-order valence-corrected chi connectivity index (χ0v) is 12.0. The maximum Gasteiger partial charge on any atom is 0.317 e. The third-order valence-electron chi connectivity index (χ3n) is 4.13. The normalized spacial score (nSPS) is 29.9. The van der Waals surface area contributed by atoms with Crippen LogP contribution >= 0.6 is 11.8 Å². The molecule has 0 aromatic heterocycles. The monoisotopic (exact) mass is 286 g/mol. The zero-order valence-electron chi connectivity index (χ0n) is 11.2. The third-order valence-corrected chi connectivity index (χ3v) is 5.55. The summed E-state index contributed by atoms with van der Waals surface area (Å²) in [6.45, 7) is 3.93. The van der Waals surface area contributed by atoms with Crippen molar-refractivity contribution < 1.29 is 14.3 Å². The summed E-state index contributed by atoms with van der Waals surface area (Å²) in [5.74, 6) is 1.09. The number of rotatable bonds is 2. The van der Waals surface area contributed by atoms with Crippen molar-refractivity contribution in [2.75, 3.05) is 38.6 Å². The van der Waals surface area contributed by atoms with E-state index in [2.05, 4.69) is 5.32 Å². The van der Waals surface area contributed by atoms with E-state index in [9.17, 15) is 4.79 Å². The van der Waals surface area contributed by atoms with Gasteiger partial charge in [-0.2, -0.15) is 0 Å². The minimum atomic E-state index is 0.00530. The Morgan fingerprint density at radius 1 is 1.37 bits per heavy atom. The first-order valence-electron chi connectivity index (χ1n) is 7.20. The topological polar surface area (TPSA) is 50.8 Å². The number of urea groups is 1. The van der Waals surface area contributed by atoms with Gasteiger partial charge in [-0.3, -0.25) is 0 Å². The van der Waals surface area contributed by atoms with Crippen LogP contribution in [0, 0.1) is 0 Å². The van der Waals surface area contributed by atoms with Gasteiger partial charge in [0.05, 0.1) is 12.7 Å². The molecule has 108 valence electrons. The van der Waals surface area contributed by atoms with Gasteiger partial charge in [0.15, 0.2) is 0 Å². The number of ether oxygens (including phenoxy) is 2. The van der Waals surface area contributed by atoms with E-state index in [4.69, 9.17) is 9.47 Å². The Bertz CT molecular complexity index is 318. The molecule has 2 amide bonds. The fraction of sp³-hybridized carbons (Fsp3) is 0.923. The maximum atomic E-state index is 12.1. The Labute approximate surface area is 118 Å². The van der Waals surface area contributed by atoms with Crippen LogP contribution in [0.25, 0.3) is 0 Å². The molecule has 19 heavy (non-hydrogen) atoms. The molecule has 0 radical (unpaired) electrons. The van der Waals surface area contributed by atoms with Crippen molar-refractivity contribution in [3.05, 3.63) is 0 Å². The summed E-state index contributed by atoms with van der Waals surface area (Å²) in [5, 5.41) is 2.99. The Morgan fingerprint density at radius 2 is 2.21 bits per heavy atom. The number of nitrogens with zero attached hydrogens (tertiary/aromatic N) is 1. The van der Waals surface area contributed by atoms with Crippen molar-refractivity contribution in [2.45, 2.75) is 36.7 Å². The van der Waals surface area contributed by atoms with E-state index in [1.54, 1.807) is 0 Å². The summed E-state index contributed by atoms with van der Waals surface area (Å²) in [5.41, 5.74) is 0. The lowest BCUT2D eigenvalue weighted by molar-refractivity contribution is 0.00909. The predicted octanol–water partition coefficient (Wildman–Crippen LogP) is 1.43. The lowest BCUT2D eigenvalue weighted by atomic mass is 10.1. The number of piperidine rings is 1. The van der Waals surface area contributed by atoms with Crippen molar-refractivity contribution in [3.63, 3.8) is 0 Å². The highest BCUT2D eigenvalue weighted by Crippen LogP contribution is 2.41. The average molecular weight is 286 g/mol. The van der Waals surface area contributed by atoms with Crippen molar-refractivity contribution in [1.29, 1.82) is 0 Å². The molecule has 5 nitrogen and oxygen atoms in total. The van der Waals surface area contributed by atoms with Gasteiger partial charge in [0, 0.05) is 44.8 Å². The van der Waals surface area contributed by atoms with Crippen LogP contribution in [-0.2, 0) is 9.47 Å². The van der Waals surface area contributed by atoms with Crippen LogP contribution in [0.15, 0.2) is 0 Å². The van der Waals surface area contributed by atoms with Gasteiger partial charge in [0.1, 0.15) is 4.93 Å². The van der Waals surface area contributed by atoms with Crippen LogP contribution in [0.5, 0.6) is 0 Å². The molecule has 3 heterocycles. The molecule has 3 saturated heterocycles. The molecule has 3 fully saturated rings. The fourth-order valence-corrected chi connectivity index (χ4v) is 4.13. The van der Waals surface area contributed by atoms with Crippen molar-refractivity contribution in [1.82, 2.24) is 10.2 Å². The molecule has 3 aliphatic rings. The number of hydrogen-bond acceptors (Lipinski definition) is 4. The van der Waals surface area contributed by atoms with Gasteiger partial charge < -0.3 is 19.7 Å². The van der Waals surface area contributed by atoms with Crippen LogP contribution in [-0.4, -0.2) is 60.6 Å². The van der Waals surface area contributed by atoms with E-state index < -0.39 is 0 Å². The van der Waals surface area contributed by atoms with E-state index in [1.807, 2.05) is 16.7 Å². The van der Waals surface area contributed by atoms with Gasteiger partial charge in [-0.1, -0.05) is 0 Å². The Morgan fingerprint density at radius 3 is 2.84 bits per heavy atom. The predicted molar refractivity (Wildman–Crippen MR) is 74.3 cm³/mol. The second-order valence-electron chi connectivity index (χ2n) is 5.42. The first kappa shape index (κ1) is 13.5. The molecule has 0 saturated carbocycles. The molecular formula is C13H22N2O3S. The third kappa shape index (κ3) is 3.17. The molecule has 0 aliphatic carbocycles. The van der Waals surface area contributed by atoms with Crippen LogP contribution in [0.2, 0.25) is 0 Å². The minimum Gasteiger partial charge on any atom is -0.376 e. The second kappa shape index (κ2) is 5.89. The summed E-state index contributed by atoms with van der Waals surface area (Å²) < 4.78 is 11.3. The standard InChI is InChI=1S/C13H22N2O3S/c16-12(14-10-11-2-1-7-17-11)15-5-3-13(4-6-15)18-8-9-19-13/h11H,1-10H2,(H,14,16)/t11-/m0/s1. The van der Waals surface area contributed by atoms with Gasteiger partial charge >= 0.3 is 6.03 Å². The Kier molecular flexibility index (Phi) is 4.19. The van der Waals surface area contributed by atoms with Gasteiger partial charge in [-0.15, -0.1) is 11.8 Å². The van der Waals surface area contributed by atoms with Crippen molar-refractivity contribution >= 4 is 17.8 Å². The number of hydrogen-bond donors (Lipinski definition) is 1. The highest BCUT2D eigenvalue weighted by Gasteiger charge is 2.40. The van der Waals surface area contributed by atoms with Gasteiger partial charge in [0.2, 0.25) is 0 Å². The first-order chi connectivity index (χ1) is 9.27. The van der Waals surface area contributed by atoms with E-state index in [-0.39, 0.29) is 17.1 Å². The SMILES string of the molecule is O=C(NC[C@@H]1CCCO1)N1CCC2(CC1)OCCS2. The van der Waals surface area contributed by atoms with E-state index in [0.29, 0.717) is 6.54 Å². The summed E-state index contributed by atoms with van der Waals surface area (Å²) in [6.07, 6.45) is 4.29. The molecule has 3 rings (SSSR count). The van der Waals surface area contributed by atoms with Crippen molar-refractivity contribution in [3.8, 4) is 0 Å². The molecule has 0 unspecified atom stereocenters. The molecule has 1 N–H and O–H groups in total. The number of carbonyl (C=O) groups excluding carboxylic acids is 1. The highest BCUT2D eigenvalue weighted by atomic mass is 32.2. The molecule has 3 aliphatic heterocycles. The lowest BCUT2D eigenvalue weighted by Gasteiger charge is -2.37. The average Bonchev–Trinajstić information content (AvgIpc) is 3.09. The summed E-state index contributed by atoms with van der Waals surface area (Å²) in [4.78, 5) is 14.0. The van der Waals surface area contributed by atoms with Crippen LogP contribution in [0.4, 0.5) is 4.79 Å². The van der Waals surface area contributed by atoms with Crippen LogP contribution in [0.1, 0.15) is 25.7 Å². The Hall–Kier alpha value is -0.460. The summed E-state index contributed by atoms with van der Waals surface area (Å²) >= 11 is 1.91. The largest absolute Gasteiger partial charge is 0.376 e. The maximum absolute atomic E-state index is 12.1. The number of thioether (sulfide) groups is 1. The molecule has 1 atom stereocenters. The molecule has 0 bridgehead atoms. The fourth-order valence-electron chi connectivity index (χ4n) is 2.95. The van der Waals surface area contributed by atoms with Crippen LogP contribution in [0.3, 0.4) is 0 Å². The summed E-state index contributed by atoms with van der Waals surface area (Å²) in [7, 11) is 0. The summed E-state index contributed by atoms with van der Waals surface area (Å²) in [6, 6.07) is 0.0494. The lowest BCUT2D eigenvalue weighted by Crippen LogP contribution is -2.49. The van der Waals surface area contributed by atoms with Gasteiger partial charge in [-0.25, -0.2) is 4.79 Å². The quantitative estimate of drug-likeness (QED) is 0.834. The zero-order chi connectivity index (χ0) is 13.1. The number of nitrogens with one attached hydrogen (secondary N) is 1. The molecule has 0 aromatic carbocycles. The number of amides is 2. The smallest absolute Gasteiger partial charge is 0.317 e. The van der Waals surface area contributed by atoms with E-state index in [0.717, 1.165) is 57.7 Å². The molecule has 6 heteroatoms. The minimum absolute atomic E-state index is 0.00530. The van der Waals surface area contributed by atoms with E-state index >= 15 is 0 Å². The first-order valence-corrected chi connectivity index (χ1v) is 8.18. The molecule has 1 spiro atoms. The molecule has 0 aromatic rings. The van der Waals surface area contributed by atoms with Crippen molar-refractivity contribution in [2.24, 2.45) is 0 Å². The van der Waals surface area contributed by atoms with Gasteiger partial charge in [0.25, 0.3) is 0 Å². The van der Waals surface area contributed by atoms with Crippen LogP contribution < -0.4 is 5.32 Å². The molecular weight excluding hydrogens is 264 g/mol. The van der Waals surface area contributed by atoms with Gasteiger partial charge in [-0.05, 0) is 12.8 Å². The number of likely N-dealkylation sites (tertiary alicyclic amines) is 1.